The first-order valence-electron chi connectivity index (χ1n) is 4.73. The van der Waals surface area contributed by atoms with Crippen molar-refractivity contribution in [1.82, 2.24) is 5.32 Å². The molecule has 3 heteroatoms. The molecule has 1 amide bonds. The molecule has 15 heavy (non-hydrogen) atoms. The van der Waals surface area contributed by atoms with E-state index >= 15 is 0 Å². The zero-order chi connectivity index (χ0) is 10.8. The van der Waals surface area contributed by atoms with Crippen molar-refractivity contribution in [2.24, 2.45) is 0 Å². The van der Waals surface area contributed by atoms with E-state index in [1.54, 1.807) is 13.1 Å². The minimum atomic E-state index is -0.108. The number of hydrogen-bond acceptors (Lipinski definition) is 2. The van der Waals surface area contributed by atoms with Crippen molar-refractivity contribution < 1.29 is 4.79 Å². The van der Waals surface area contributed by atoms with Crippen LogP contribution in [0.25, 0.3) is 11.1 Å². The van der Waals surface area contributed by atoms with Crippen LogP contribution < -0.4 is 11.1 Å². The van der Waals surface area contributed by atoms with Gasteiger partial charge in [0.05, 0.1) is 0 Å². The van der Waals surface area contributed by atoms with E-state index in [2.05, 4.69) is 5.32 Å². The molecule has 0 bridgehead atoms. The number of anilines is 1. The summed E-state index contributed by atoms with van der Waals surface area (Å²) in [6.07, 6.45) is 0. The average Bonchev–Trinajstić information content (AvgIpc) is 2.45. The first-order chi connectivity index (χ1) is 7.24. The van der Waals surface area contributed by atoms with Crippen molar-refractivity contribution in [1.29, 1.82) is 0 Å². The Balaban J connectivity index is 2.67. The van der Waals surface area contributed by atoms with E-state index in [1.807, 2.05) is 30.3 Å². The third-order valence-electron chi connectivity index (χ3n) is 2.41. The van der Waals surface area contributed by atoms with Crippen molar-refractivity contribution >= 4 is 11.6 Å². The number of fused-ring (bicyclic) bond motifs is 1. The lowest BCUT2D eigenvalue weighted by Crippen LogP contribution is -2.17. The summed E-state index contributed by atoms with van der Waals surface area (Å²) >= 11 is 0. The second-order valence-corrected chi connectivity index (χ2v) is 3.33. The van der Waals surface area contributed by atoms with Crippen LogP contribution in [0.4, 0.5) is 5.69 Å². The van der Waals surface area contributed by atoms with E-state index in [4.69, 9.17) is 5.73 Å². The maximum Gasteiger partial charge on any atom is 0.251 e. The zero-order valence-corrected chi connectivity index (χ0v) is 8.45. The highest BCUT2D eigenvalue weighted by molar-refractivity contribution is 6.05. The van der Waals surface area contributed by atoms with E-state index in [-0.39, 0.29) is 5.91 Å². The Bertz CT molecular complexity index is 479. The second-order valence-electron chi connectivity index (χ2n) is 3.33. The number of amides is 1. The summed E-state index contributed by atoms with van der Waals surface area (Å²) in [5.74, 6) is -0.108. The highest BCUT2D eigenvalue weighted by Gasteiger charge is 2.16. The van der Waals surface area contributed by atoms with Crippen LogP contribution in [0.3, 0.4) is 0 Å². The van der Waals surface area contributed by atoms with Gasteiger partial charge in [0.1, 0.15) is 0 Å². The van der Waals surface area contributed by atoms with Crippen molar-refractivity contribution in [3.05, 3.63) is 42.0 Å². The molecule has 0 fully saturated rings. The lowest BCUT2D eigenvalue weighted by atomic mass is 10.1. The molecule has 76 valence electrons. The molecule has 0 aliphatic heterocycles. The summed E-state index contributed by atoms with van der Waals surface area (Å²) in [6.45, 7) is 0. The van der Waals surface area contributed by atoms with Gasteiger partial charge in [0, 0.05) is 23.9 Å². The fourth-order valence-electron chi connectivity index (χ4n) is 1.67. The second kappa shape index (κ2) is 3.61. The molecule has 0 atom stereocenters. The topological polar surface area (TPSA) is 55.1 Å². The molecular weight excluding hydrogens is 188 g/mol. The highest BCUT2D eigenvalue weighted by Crippen LogP contribution is 2.33. The Hall–Kier alpha value is -2.03. The van der Waals surface area contributed by atoms with Gasteiger partial charge in [-0.2, -0.15) is 0 Å². The van der Waals surface area contributed by atoms with E-state index in [0.717, 1.165) is 11.1 Å². The van der Waals surface area contributed by atoms with Gasteiger partial charge in [-0.15, -0.1) is 0 Å². The Kier molecular flexibility index (Phi) is 2.29. The summed E-state index contributed by atoms with van der Waals surface area (Å²) < 4.78 is 0. The van der Waals surface area contributed by atoms with Crippen molar-refractivity contribution in [3.8, 4) is 11.1 Å². The quantitative estimate of drug-likeness (QED) is 0.736. The van der Waals surface area contributed by atoms with Crippen LogP contribution in [-0.4, -0.2) is 13.0 Å². The number of nitrogens with one attached hydrogen (secondary N) is 1. The van der Waals surface area contributed by atoms with Gasteiger partial charge in [0.2, 0.25) is 0 Å². The molecule has 2 aliphatic carbocycles. The Labute approximate surface area is 88.2 Å². The summed E-state index contributed by atoms with van der Waals surface area (Å²) in [5, 5.41) is 2.60. The fourth-order valence-corrected chi connectivity index (χ4v) is 1.67. The maximum atomic E-state index is 11.6. The van der Waals surface area contributed by atoms with Crippen LogP contribution in [0.15, 0.2) is 36.4 Å². The third-order valence-corrected chi connectivity index (χ3v) is 2.41. The number of carbonyl (C=O) groups excluding carboxylic acids is 1. The fraction of sp³-hybridized carbons (Fsp3) is 0.0833. The number of nitrogens with two attached hydrogens (primary N) is 1. The summed E-state index contributed by atoms with van der Waals surface area (Å²) in [5.41, 5.74) is 8.91. The van der Waals surface area contributed by atoms with E-state index in [0.29, 0.717) is 11.3 Å². The molecule has 3 nitrogen and oxygen atoms in total. The normalized spacial score (nSPS) is 10.2. The lowest BCUT2D eigenvalue weighted by molar-refractivity contribution is 0.0964. The van der Waals surface area contributed by atoms with E-state index in [9.17, 15) is 4.79 Å². The van der Waals surface area contributed by atoms with E-state index in [1.165, 1.54) is 0 Å². The number of rotatable bonds is 1. The molecule has 2 rings (SSSR count). The molecule has 0 aromatic rings. The molecule has 0 radical (unpaired) electrons. The van der Waals surface area contributed by atoms with Crippen LogP contribution in [0, 0.1) is 0 Å². The minimum Gasteiger partial charge on any atom is -0.398 e. The van der Waals surface area contributed by atoms with Crippen LogP contribution in [0.5, 0.6) is 0 Å². The summed E-state index contributed by atoms with van der Waals surface area (Å²) in [7, 11) is 1.61. The molecule has 0 heterocycles. The first-order valence-corrected chi connectivity index (χ1v) is 4.73. The van der Waals surface area contributed by atoms with Crippen molar-refractivity contribution in [2.45, 2.75) is 0 Å². The molecule has 0 unspecified atom stereocenters. The summed E-state index contributed by atoms with van der Waals surface area (Å²) in [6, 6.07) is 11.2. The number of hydrogen-bond donors (Lipinski definition) is 2. The van der Waals surface area contributed by atoms with Gasteiger partial charge in [-0.25, -0.2) is 0 Å². The lowest BCUT2D eigenvalue weighted by Gasteiger charge is -1.99. The molecule has 3 N–H and O–H groups in total. The van der Waals surface area contributed by atoms with Crippen LogP contribution in [-0.2, 0) is 0 Å². The number of nitrogen functional groups attached to an aromatic ring is 1. The average molecular weight is 200 g/mol. The van der Waals surface area contributed by atoms with E-state index < -0.39 is 0 Å². The predicted molar refractivity (Wildman–Crippen MR) is 60.9 cm³/mol. The molecule has 0 saturated heterocycles. The largest absolute Gasteiger partial charge is 0.398 e. The van der Waals surface area contributed by atoms with Gasteiger partial charge in [0.15, 0.2) is 0 Å². The molecule has 0 aromatic carbocycles. The zero-order valence-electron chi connectivity index (χ0n) is 8.45. The van der Waals surface area contributed by atoms with Gasteiger partial charge < -0.3 is 11.1 Å². The molecular formula is C12H12N2O. The highest BCUT2D eigenvalue weighted by atomic mass is 16.1. The molecule has 2 aliphatic rings. The minimum absolute atomic E-state index is 0.108. The maximum absolute atomic E-state index is 11.6. The first kappa shape index (κ1) is 9.52. The monoisotopic (exact) mass is 200 g/mol. The standard InChI is InChI=1S/C12H12N2O/c1-14-12(15)10-7-11(13)9-6-4-2-3-5-8(9)10/h2-7H,13H2,1H3,(H,14,15). The van der Waals surface area contributed by atoms with Gasteiger partial charge >= 0.3 is 0 Å². The SMILES string of the molecule is CNC(=O)c1cc(N)c2cccccc1-2. The van der Waals surface area contributed by atoms with Crippen LogP contribution in [0.2, 0.25) is 0 Å². The van der Waals surface area contributed by atoms with Crippen molar-refractivity contribution in [2.75, 3.05) is 12.8 Å². The third kappa shape index (κ3) is 1.52. The Morgan fingerprint density at radius 3 is 2.53 bits per heavy atom. The van der Waals surface area contributed by atoms with Gasteiger partial charge in [-0.3, -0.25) is 4.79 Å². The van der Waals surface area contributed by atoms with Crippen molar-refractivity contribution in [3.63, 3.8) is 0 Å². The summed E-state index contributed by atoms with van der Waals surface area (Å²) in [4.78, 5) is 11.6. The van der Waals surface area contributed by atoms with Crippen LogP contribution in [0.1, 0.15) is 10.4 Å². The Morgan fingerprint density at radius 1 is 1.20 bits per heavy atom. The van der Waals surface area contributed by atoms with Gasteiger partial charge in [-0.1, -0.05) is 30.3 Å². The predicted octanol–water partition coefficient (Wildman–Crippen LogP) is 1.73. The molecule has 0 spiro atoms. The Morgan fingerprint density at radius 2 is 1.87 bits per heavy atom. The molecule has 0 aromatic heterocycles. The number of carbonyl (C=O) groups is 1. The van der Waals surface area contributed by atoms with Crippen LogP contribution >= 0.6 is 0 Å². The molecule has 0 saturated carbocycles. The van der Waals surface area contributed by atoms with Gasteiger partial charge in [0.25, 0.3) is 5.91 Å². The smallest absolute Gasteiger partial charge is 0.251 e. The van der Waals surface area contributed by atoms with Gasteiger partial charge in [-0.05, 0) is 11.6 Å².